The van der Waals surface area contributed by atoms with Gasteiger partial charge in [-0.15, -0.1) is 0 Å². The summed E-state index contributed by atoms with van der Waals surface area (Å²) in [5, 5.41) is 0. The monoisotopic (exact) mass is 712 g/mol. The third-order valence-corrected chi connectivity index (χ3v) is 10.3. The first-order valence-electron chi connectivity index (χ1n) is 21.5. The van der Waals surface area contributed by atoms with Crippen LogP contribution in [0.3, 0.4) is 0 Å². The second-order valence-electron chi connectivity index (χ2n) is 14.9. The number of benzene rings is 3. The number of hydrogen-bond acceptors (Lipinski definition) is 3. The van der Waals surface area contributed by atoms with E-state index >= 15 is 0 Å². The normalized spacial score (nSPS) is 11.1. The molecule has 0 unspecified atom stereocenters. The van der Waals surface area contributed by atoms with Crippen LogP contribution >= 0.6 is 0 Å². The summed E-state index contributed by atoms with van der Waals surface area (Å²) in [7, 11) is 0. The van der Waals surface area contributed by atoms with E-state index in [1.54, 1.807) is 0 Å². The van der Waals surface area contributed by atoms with Crippen molar-refractivity contribution in [2.24, 2.45) is 0 Å². The van der Waals surface area contributed by atoms with Crippen molar-refractivity contribution in [2.75, 3.05) is 19.7 Å². The summed E-state index contributed by atoms with van der Waals surface area (Å²) in [5.41, 5.74) is 4.16. The second kappa shape index (κ2) is 28.3. The summed E-state index contributed by atoms with van der Waals surface area (Å²) in [4.78, 5) is 15.7. The standard InChI is InChI=1S/C48H73NO3/c1-4-7-10-13-16-17-18-19-22-25-40-51-46-34-30-43(31-35-46)44-32-36-47(37-33-44)52-41-42-26-28-45(29-27-42)48(50)49(38-23-20-14-11-8-5-2)39-24-21-15-12-9-6-3/h26-37H,4-25,38-41H2,1-3H3. The lowest BCUT2D eigenvalue weighted by molar-refractivity contribution is 0.0749. The Labute approximate surface area is 319 Å². The molecule has 0 aliphatic heterocycles. The number of ether oxygens (including phenoxy) is 2. The highest BCUT2D eigenvalue weighted by atomic mass is 16.5. The summed E-state index contributed by atoms with van der Waals surface area (Å²) in [5.74, 6) is 1.94. The van der Waals surface area contributed by atoms with E-state index in [4.69, 9.17) is 9.47 Å². The van der Waals surface area contributed by atoms with Crippen molar-refractivity contribution < 1.29 is 14.3 Å². The van der Waals surface area contributed by atoms with Gasteiger partial charge < -0.3 is 14.4 Å². The Hall–Kier alpha value is -3.27. The van der Waals surface area contributed by atoms with Crippen LogP contribution in [0.2, 0.25) is 0 Å². The topological polar surface area (TPSA) is 38.8 Å². The van der Waals surface area contributed by atoms with E-state index in [0.717, 1.165) is 67.1 Å². The van der Waals surface area contributed by atoms with Gasteiger partial charge in [-0.05, 0) is 72.4 Å². The first-order valence-corrected chi connectivity index (χ1v) is 21.5. The second-order valence-corrected chi connectivity index (χ2v) is 14.9. The van der Waals surface area contributed by atoms with E-state index in [1.807, 2.05) is 36.4 Å². The number of amides is 1. The van der Waals surface area contributed by atoms with Crippen molar-refractivity contribution in [1.29, 1.82) is 0 Å². The molecule has 3 aromatic rings. The molecular formula is C48H73NO3. The van der Waals surface area contributed by atoms with Crippen LogP contribution in [-0.2, 0) is 6.61 Å². The maximum Gasteiger partial charge on any atom is 0.253 e. The third-order valence-electron chi connectivity index (χ3n) is 10.3. The van der Waals surface area contributed by atoms with Crippen LogP contribution in [0.15, 0.2) is 72.8 Å². The van der Waals surface area contributed by atoms with E-state index in [1.165, 1.54) is 128 Å². The SMILES string of the molecule is CCCCCCCCCCCCOc1ccc(-c2ccc(OCc3ccc(C(=O)N(CCCCCCCC)CCCCCCCC)cc3)cc2)cc1. The molecule has 0 aliphatic rings. The van der Waals surface area contributed by atoms with Crippen LogP contribution in [0.25, 0.3) is 11.1 Å². The smallest absolute Gasteiger partial charge is 0.253 e. The van der Waals surface area contributed by atoms with Gasteiger partial charge in [0.1, 0.15) is 18.1 Å². The first-order chi connectivity index (χ1) is 25.6. The highest BCUT2D eigenvalue weighted by molar-refractivity contribution is 5.94. The summed E-state index contributed by atoms with van der Waals surface area (Å²) in [6.07, 6.45) is 28.3. The van der Waals surface area contributed by atoms with Crippen LogP contribution in [0, 0.1) is 0 Å². The van der Waals surface area contributed by atoms with Crippen molar-refractivity contribution in [1.82, 2.24) is 4.90 Å². The van der Waals surface area contributed by atoms with E-state index in [-0.39, 0.29) is 5.91 Å². The zero-order valence-corrected chi connectivity index (χ0v) is 33.5. The Morgan fingerprint density at radius 1 is 0.442 bits per heavy atom. The minimum absolute atomic E-state index is 0.166. The number of nitrogens with zero attached hydrogens (tertiary/aromatic N) is 1. The Balaban J connectivity index is 1.39. The van der Waals surface area contributed by atoms with Crippen molar-refractivity contribution in [3.05, 3.63) is 83.9 Å². The molecule has 0 fully saturated rings. The molecule has 0 aromatic heterocycles. The van der Waals surface area contributed by atoms with Crippen LogP contribution in [0.1, 0.15) is 178 Å². The maximum atomic E-state index is 13.6. The highest BCUT2D eigenvalue weighted by Crippen LogP contribution is 2.25. The number of hydrogen-bond donors (Lipinski definition) is 0. The van der Waals surface area contributed by atoms with E-state index in [2.05, 4.69) is 62.1 Å². The number of carbonyl (C=O) groups excluding carboxylic acids is 1. The molecule has 4 heteroatoms. The van der Waals surface area contributed by atoms with Gasteiger partial charge in [0, 0.05) is 18.7 Å². The van der Waals surface area contributed by atoms with Crippen molar-refractivity contribution in [2.45, 2.75) is 169 Å². The molecule has 0 saturated heterocycles. The molecule has 0 heterocycles. The zero-order valence-electron chi connectivity index (χ0n) is 33.5. The van der Waals surface area contributed by atoms with E-state index < -0.39 is 0 Å². The Kier molecular flexibility index (Phi) is 23.4. The molecule has 0 bridgehead atoms. The molecular weight excluding hydrogens is 639 g/mol. The fourth-order valence-electron chi connectivity index (χ4n) is 6.84. The summed E-state index contributed by atoms with van der Waals surface area (Å²) < 4.78 is 12.1. The van der Waals surface area contributed by atoms with Gasteiger partial charge in [-0.3, -0.25) is 4.79 Å². The summed E-state index contributed by atoms with van der Waals surface area (Å²) >= 11 is 0. The lowest BCUT2D eigenvalue weighted by Gasteiger charge is -2.23. The molecule has 3 aromatic carbocycles. The van der Waals surface area contributed by atoms with Crippen molar-refractivity contribution in [3.63, 3.8) is 0 Å². The molecule has 0 saturated carbocycles. The molecule has 52 heavy (non-hydrogen) atoms. The predicted molar refractivity (Wildman–Crippen MR) is 223 cm³/mol. The van der Waals surface area contributed by atoms with Crippen LogP contribution in [0.5, 0.6) is 11.5 Å². The molecule has 3 rings (SSSR count). The maximum absolute atomic E-state index is 13.6. The molecule has 0 spiro atoms. The Morgan fingerprint density at radius 3 is 1.27 bits per heavy atom. The quantitative estimate of drug-likeness (QED) is 0.0624. The fraction of sp³-hybridized carbons (Fsp3) is 0.604. The van der Waals surface area contributed by atoms with Crippen molar-refractivity contribution >= 4 is 5.91 Å². The largest absolute Gasteiger partial charge is 0.494 e. The molecule has 0 N–H and O–H groups in total. The molecule has 0 radical (unpaired) electrons. The highest BCUT2D eigenvalue weighted by Gasteiger charge is 2.15. The number of carbonyl (C=O) groups is 1. The molecule has 0 atom stereocenters. The predicted octanol–water partition coefficient (Wildman–Crippen LogP) is 14.4. The van der Waals surface area contributed by atoms with Crippen LogP contribution in [-0.4, -0.2) is 30.5 Å². The third kappa shape index (κ3) is 18.5. The van der Waals surface area contributed by atoms with Gasteiger partial charge in [-0.25, -0.2) is 0 Å². The Bertz CT molecular complexity index is 1270. The summed E-state index contributed by atoms with van der Waals surface area (Å²) in [6.45, 7) is 9.77. The van der Waals surface area contributed by atoms with Gasteiger partial charge in [0.2, 0.25) is 0 Å². The average molecular weight is 712 g/mol. The lowest BCUT2D eigenvalue weighted by Crippen LogP contribution is -2.33. The molecule has 0 aliphatic carbocycles. The fourth-order valence-corrected chi connectivity index (χ4v) is 6.84. The average Bonchev–Trinajstić information content (AvgIpc) is 3.18. The minimum atomic E-state index is 0.166. The molecule has 288 valence electrons. The molecule has 4 nitrogen and oxygen atoms in total. The van der Waals surface area contributed by atoms with Crippen molar-refractivity contribution in [3.8, 4) is 22.6 Å². The molecule has 1 amide bonds. The van der Waals surface area contributed by atoms with Gasteiger partial charge in [0.15, 0.2) is 0 Å². The van der Waals surface area contributed by atoms with Gasteiger partial charge in [-0.1, -0.05) is 179 Å². The van der Waals surface area contributed by atoms with Gasteiger partial charge in [-0.2, -0.15) is 0 Å². The zero-order chi connectivity index (χ0) is 36.9. The number of unbranched alkanes of at least 4 members (excludes halogenated alkanes) is 19. The van der Waals surface area contributed by atoms with E-state index in [9.17, 15) is 4.79 Å². The summed E-state index contributed by atoms with van der Waals surface area (Å²) in [6, 6.07) is 24.7. The van der Waals surface area contributed by atoms with Gasteiger partial charge in [0.05, 0.1) is 6.61 Å². The Morgan fingerprint density at radius 2 is 0.827 bits per heavy atom. The first kappa shape index (κ1) is 43.1. The van der Waals surface area contributed by atoms with Gasteiger partial charge >= 0.3 is 0 Å². The number of rotatable bonds is 31. The van der Waals surface area contributed by atoms with Gasteiger partial charge in [0.25, 0.3) is 5.91 Å². The van der Waals surface area contributed by atoms with Crippen LogP contribution in [0.4, 0.5) is 0 Å². The van der Waals surface area contributed by atoms with E-state index in [0.29, 0.717) is 6.61 Å². The van der Waals surface area contributed by atoms with Crippen LogP contribution < -0.4 is 9.47 Å². The minimum Gasteiger partial charge on any atom is -0.494 e. The lowest BCUT2D eigenvalue weighted by atomic mass is 10.1.